The molecule has 1 fully saturated rings. The van der Waals surface area contributed by atoms with E-state index in [9.17, 15) is 4.79 Å². The van der Waals surface area contributed by atoms with E-state index >= 15 is 0 Å². The molecule has 0 radical (unpaired) electrons. The fourth-order valence-corrected chi connectivity index (χ4v) is 2.12. The van der Waals surface area contributed by atoms with E-state index in [-0.39, 0.29) is 12.5 Å². The molecule has 0 atom stereocenters. The van der Waals surface area contributed by atoms with Crippen LogP contribution in [0.4, 0.5) is 0 Å². The number of carbonyl (C=O) groups excluding carboxylic acids is 1. The van der Waals surface area contributed by atoms with Gasteiger partial charge in [-0.1, -0.05) is 6.92 Å². The van der Waals surface area contributed by atoms with Crippen LogP contribution in [-0.2, 0) is 4.79 Å². The highest BCUT2D eigenvalue weighted by Crippen LogP contribution is 2.14. The highest BCUT2D eigenvalue weighted by Gasteiger charge is 2.14. The van der Waals surface area contributed by atoms with E-state index in [1.165, 1.54) is 25.9 Å². The molecule has 100 valence electrons. The van der Waals surface area contributed by atoms with Gasteiger partial charge in [0.2, 0.25) is 5.91 Å². The maximum atomic E-state index is 11.4. The number of nitrogens with one attached hydrogen (secondary N) is 1. The number of hydrogen-bond acceptors (Lipinski definition) is 3. The molecule has 1 rings (SSSR count). The van der Waals surface area contributed by atoms with Crippen LogP contribution in [0.5, 0.6) is 0 Å². The number of rotatable bonds is 7. The maximum absolute atomic E-state index is 11.4. The molecule has 1 heterocycles. The summed E-state index contributed by atoms with van der Waals surface area (Å²) in [4.78, 5) is 13.8. The molecule has 0 bridgehead atoms. The lowest BCUT2D eigenvalue weighted by atomic mass is 9.99. The molecular formula is C13H26N2O2. The zero-order valence-electron chi connectivity index (χ0n) is 11.0. The minimum absolute atomic E-state index is 0.115. The van der Waals surface area contributed by atoms with Gasteiger partial charge in [-0.05, 0) is 44.7 Å². The molecule has 0 aromatic rings. The van der Waals surface area contributed by atoms with Gasteiger partial charge in [-0.3, -0.25) is 4.79 Å². The summed E-state index contributed by atoms with van der Waals surface area (Å²) in [6, 6.07) is 0. The van der Waals surface area contributed by atoms with Crippen LogP contribution in [0.1, 0.15) is 39.0 Å². The Balaban J connectivity index is 1.97. The van der Waals surface area contributed by atoms with Crippen LogP contribution in [0, 0.1) is 5.92 Å². The van der Waals surface area contributed by atoms with E-state index in [1.54, 1.807) is 0 Å². The Morgan fingerprint density at radius 3 is 2.71 bits per heavy atom. The normalized spacial score (nSPS) is 18.2. The van der Waals surface area contributed by atoms with Gasteiger partial charge in [0, 0.05) is 26.1 Å². The number of amides is 1. The lowest BCUT2D eigenvalue weighted by Gasteiger charge is -2.30. The molecule has 0 aliphatic carbocycles. The number of piperidine rings is 1. The number of nitrogens with zero attached hydrogens (tertiary/aromatic N) is 1. The minimum Gasteiger partial charge on any atom is -0.396 e. The third-order valence-electron chi connectivity index (χ3n) is 3.44. The van der Waals surface area contributed by atoms with Crippen molar-refractivity contribution in [1.82, 2.24) is 10.2 Å². The van der Waals surface area contributed by atoms with E-state index in [4.69, 9.17) is 5.11 Å². The van der Waals surface area contributed by atoms with Gasteiger partial charge >= 0.3 is 0 Å². The first-order chi connectivity index (χ1) is 8.22. The number of hydrogen-bond donors (Lipinski definition) is 2. The minimum atomic E-state index is 0.115. The van der Waals surface area contributed by atoms with Gasteiger partial charge in [0.25, 0.3) is 0 Å². The van der Waals surface area contributed by atoms with Crippen LogP contribution < -0.4 is 5.32 Å². The van der Waals surface area contributed by atoms with Gasteiger partial charge in [-0.2, -0.15) is 0 Å². The SMILES string of the molecule is CC1CCN(CCNC(=O)CCCCO)CC1. The molecule has 4 nitrogen and oxygen atoms in total. The Bertz CT molecular complexity index is 213. The molecule has 0 unspecified atom stereocenters. The smallest absolute Gasteiger partial charge is 0.220 e. The number of aliphatic hydroxyl groups excluding tert-OH is 1. The van der Waals surface area contributed by atoms with Crippen molar-refractivity contribution in [2.24, 2.45) is 5.92 Å². The molecule has 1 amide bonds. The van der Waals surface area contributed by atoms with Crippen LogP contribution in [0.15, 0.2) is 0 Å². The molecule has 0 aromatic heterocycles. The van der Waals surface area contributed by atoms with Gasteiger partial charge < -0.3 is 15.3 Å². The van der Waals surface area contributed by atoms with Crippen molar-refractivity contribution in [3.8, 4) is 0 Å². The summed E-state index contributed by atoms with van der Waals surface area (Å²) in [7, 11) is 0. The fourth-order valence-electron chi connectivity index (χ4n) is 2.12. The zero-order valence-corrected chi connectivity index (χ0v) is 11.0. The van der Waals surface area contributed by atoms with Crippen LogP contribution in [0.3, 0.4) is 0 Å². The van der Waals surface area contributed by atoms with Crippen molar-refractivity contribution in [3.05, 3.63) is 0 Å². The van der Waals surface area contributed by atoms with Crippen molar-refractivity contribution in [1.29, 1.82) is 0 Å². The van der Waals surface area contributed by atoms with Crippen LogP contribution in [-0.4, -0.2) is 48.7 Å². The molecule has 2 N–H and O–H groups in total. The van der Waals surface area contributed by atoms with E-state index in [0.29, 0.717) is 6.42 Å². The Morgan fingerprint density at radius 2 is 2.06 bits per heavy atom. The molecule has 1 aliphatic rings. The van der Waals surface area contributed by atoms with Crippen LogP contribution in [0.2, 0.25) is 0 Å². The molecule has 17 heavy (non-hydrogen) atoms. The number of likely N-dealkylation sites (tertiary alicyclic amines) is 1. The summed E-state index contributed by atoms with van der Waals surface area (Å²) in [5.41, 5.74) is 0. The van der Waals surface area contributed by atoms with Crippen molar-refractivity contribution in [3.63, 3.8) is 0 Å². The molecule has 1 aliphatic heterocycles. The Kier molecular flexibility index (Phi) is 7.21. The third-order valence-corrected chi connectivity index (χ3v) is 3.44. The average Bonchev–Trinajstić information content (AvgIpc) is 2.32. The summed E-state index contributed by atoms with van der Waals surface area (Å²) in [5, 5.41) is 11.5. The molecule has 1 saturated heterocycles. The van der Waals surface area contributed by atoms with Gasteiger partial charge in [0.15, 0.2) is 0 Å². The first-order valence-electron chi connectivity index (χ1n) is 6.82. The summed E-state index contributed by atoms with van der Waals surface area (Å²) in [5.74, 6) is 0.975. The van der Waals surface area contributed by atoms with Gasteiger partial charge in [0.05, 0.1) is 0 Å². The lowest BCUT2D eigenvalue weighted by molar-refractivity contribution is -0.121. The maximum Gasteiger partial charge on any atom is 0.220 e. The van der Waals surface area contributed by atoms with Crippen LogP contribution >= 0.6 is 0 Å². The van der Waals surface area contributed by atoms with Crippen molar-refractivity contribution in [2.75, 3.05) is 32.8 Å². The highest BCUT2D eigenvalue weighted by atomic mass is 16.2. The molecule has 0 saturated carbocycles. The molecule has 4 heteroatoms. The van der Waals surface area contributed by atoms with Crippen molar-refractivity contribution in [2.45, 2.75) is 39.0 Å². The first kappa shape index (κ1) is 14.5. The van der Waals surface area contributed by atoms with Crippen molar-refractivity contribution >= 4 is 5.91 Å². The summed E-state index contributed by atoms with van der Waals surface area (Å²) in [6.07, 6.45) is 4.60. The van der Waals surface area contributed by atoms with E-state index in [1.807, 2.05) is 0 Å². The third kappa shape index (κ3) is 6.64. The van der Waals surface area contributed by atoms with Crippen molar-refractivity contribution < 1.29 is 9.90 Å². The second-order valence-electron chi connectivity index (χ2n) is 5.05. The summed E-state index contributed by atoms with van der Waals surface area (Å²) in [6.45, 7) is 6.55. The quantitative estimate of drug-likeness (QED) is 0.655. The fraction of sp³-hybridized carbons (Fsp3) is 0.923. The lowest BCUT2D eigenvalue weighted by Crippen LogP contribution is -2.39. The average molecular weight is 242 g/mol. The van der Waals surface area contributed by atoms with Gasteiger partial charge in [-0.25, -0.2) is 0 Å². The van der Waals surface area contributed by atoms with Gasteiger partial charge in [0.1, 0.15) is 0 Å². The Morgan fingerprint density at radius 1 is 1.35 bits per heavy atom. The second kappa shape index (κ2) is 8.48. The van der Waals surface area contributed by atoms with E-state index in [0.717, 1.165) is 31.8 Å². The number of unbranched alkanes of at least 4 members (excludes halogenated alkanes) is 1. The number of aliphatic hydroxyl groups is 1. The van der Waals surface area contributed by atoms with E-state index < -0.39 is 0 Å². The summed E-state index contributed by atoms with van der Waals surface area (Å²) >= 11 is 0. The van der Waals surface area contributed by atoms with Gasteiger partial charge in [-0.15, -0.1) is 0 Å². The highest BCUT2D eigenvalue weighted by molar-refractivity contribution is 5.75. The first-order valence-corrected chi connectivity index (χ1v) is 6.82. The molecule has 0 aromatic carbocycles. The Labute approximate surface area is 104 Å². The predicted octanol–water partition coefficient (Wildman–Crippen LogP) is 0.997. The Hall–Kier alpha value is -0.610. The second-order valence-corrected chi connectivity index (χ2v) is 5.05. The number of carbonyl (C=O) groups is 1. The predicted molar refractivity (Wildman–Crippen MR) is 68.8 cm³/mol. The monoisotopic (exact) mass is 242 g/mol. The topological polar surface area (TPSA) is 52.6 Å². The zero-order chi connectivity index (χ0) is 12.5. The van der Waals surface area contributed by atoms with E-state index in [2.05, 4.69) is 17.1 Å². The summed E-state index contributed by atoms with van der Waals surface area (Å²) < 4.78 is 0. The molecule has 0 spiro atoms. The largest absolute Gasteiger partial charge is 0.396 e. The molecular weight excluding hydrogens is 216 g/mol. The van der Waals surface area contributed by atoms with Crippen LogP contribution in [0.25, 0.3) is 0 Å². The standard InChI is InChI=1S/C13H26N2O2/c1-12-5-8-15(9-6-12)10-7-14-13(17)4-2-3-11-16/h12,16H,2-11H2,1H3,(H,14,17).